The van der Waals surface area contributed by atoms with Gasteiger partial charge in [0.15, 0.2) is 0 Å². The van der Waals surface area contributed by atoms with Crippen LogP contribution in [0.3, 0.4) is 0 Å². The van der Waals surface area contributed by atoms with Crippen molar-refractivity contribution in [1.82, 2.24) is 0 Å². The van der Waals surface area contributed by atoms with E-state index in [2.05, 4.69) is 0 Å². The summed E-state index contributed by atoms with van der Waals surface area (Å²) in [6.45, 7) is 0.668. The van der Waals surface area contributed by atoms with Crippen molar-refractivity contribution in [3.05, 3.63) is 28.8 Å². The van der Waals surface area contributed by atoms with E-state index in [1.807, 2.05) is 0 Å². The molecule has 0 atom stereocenters. The van der Waals surface area contributed by atoms with Gasteiger partial charge in [0.2, 0.25) is 0 Å². The van der Waals surface area contributed by atoms with Crippen molar-refractivity contribution in [3.63, 3.8) is 0 Å². The van der Waals surface area contributed by atoms with E-state index in [1.165, 1.54) is 12.1 Å². The minimum Gasteiger partial charge on any atom is -0.490 e. The van der Waals surface area contributed by atoms with Crippen molar-refractivity contribution < 1.29 is 24.5 Å². The van der Waals surface area contributed by atoms with Gasteiger partial charge in [0, 0.05) is 5.02 Å². The lowest BCUT2D eigenvalue weighted by Crippen LogP contribution is -2.11. The summed E-state index contributed by atoms with van der Waals surface area (Å²) < 4.78 is 10.2. The zero-order valence-electron chi connectivity index (χ0n) is 9.06. The van der Waals surface area contributed by atoms with Crippen LogP contribution in [0.2, 0.25) is 5.02 Å². The van der Waals surface area contributed by atoms with Crippen LogP contribution < -0.4 is 4.74 Å². The van der Waals surface area contributed by atoms with Gasteiger partial charge < -0.3 is 19.7 Å². The van der Waals surface area contributed by atoms with Crippen LogP contribution in [0.1, 0.15) is 10.4 Å². The first-order chi connectivity index (χ1) is 8.15. The Balaban J connectivity index is 2.55. The van der Waals surface area contributed by atoms with Crippen LogP contribution in [0.25, 0.3) is 0 Å². The first-order valence-corrected chi connectivity index (χ1v) is 5.37. The Labute approximate surface area is 104 Å². The minimum absolute atomic E-state index is 0.0136. The lowest BCUT2D eigenvalue weighted by atomic mass is 10.2. The van der Waals surface area contributed by atoms with Gasteiger partial charge in [-0.15, -0.1) is 0 Å². The Kier molecular flexibility index (Phi) is 5.76. The topological polar surface area (TPSA) is 76.0 Å². The van der Waals surface area contributed by atoms with Gasteiger partial charge in [0.1, 0.15) is 17.9 Å². The Morgan fingerprint density at radius 1 is 1.29 bits per heavy atom. The highest BCUT2D eigenvalue weighted by Gasteiger charge is 2.11. The van der Waals surface area contributed by atoms with Crippen LogP contribution in [0.5, 0.6) is 5.75 Å². The molecule has 0 saturated heterocycles. The zero-order chi connectivity index (χ0) is 12.7. The van der Waals surface area contributed by atoms with Crippen LogP contribution in [0, 0.1) is 0 Å². The average Bonchev–Trinajstić information content (AvgIpc) is 2.30. The quantitative estimate of drug-likeness (QED) is 0.725. The molecule has 6 heteroatoms. The average molecular weight is 261 g/mol. The lowest BCUT2D eigenvalue weighted by Gasteiger charge is -2.09. The number of hydrogen-bond donors (Lipinski definition) is 2. The van der Waals surface area contributed by atoms with Gasteiger partial charge in [-0.3, -0.25) is 0 Å². The molecule has 1 aromatic rings. The second kappa shape index (κ2) is 7.11. The summed E-state index contributed by atoms with van der Waals surface area (Å²) in [5.74, 6) is -0.853. The fourth-order valence-electron chi connectivity index (χ4n) is 1.17. The highest BCUT2D eigenvalue weighted by atomic mass is 35.5. The van der Waals surface area contributed by atoms with Gasteiger partial charge in [0.05, 0.1) is 19.8 Å². The van der Waals surface area contributed by atoms with Crippen molar-refractivity contribution >= 4 is 17.6 Å². The lowest BCUT2D eigenvalue weighted by molar-refractivity contribution is 0.0657. The van der Waals surface area contributed by atoms with Gasteiger partial charge in [-0.2, -0.15) is 0 Å². The number of aromatic carboxylic acids is 1. The fourth-order valence-corrected chi connectivity index (χ4v) is 1.34. The number of hydrogen-bond acceptors (Lipinski definition) is 4. The predicted molar refractivity (Wildman–Crippen MR) is 61.8 cm³/mol. The largest absolute Gasteiger partial charge is 0.490 e. The van der Waals surface area contributed by atoms with E-state index in [4.69, 9.17) is 31.3 Å². The third-order valence-electron chi connectivity index (χ3n) is 1.89. The molecule has 0 radical (unpaired) electrons. The highest BCUT2D eigenvalue weighted by Crippen LogP contribution is 2.22. The minimum atomic E-state index is -1.10. The van der Waals surface area contributed by atoms with E-state index < -0.39 is 5.97 Å². The molecule has 1 aromatic carbocycles. The smallest absolute Gasteiger partial charge is 0.339 e. The maximum Gasteiger partial charge on any atom is 0.339 e. The molecule has 17 heavy (non-hydrogen) atoms. The van der Waals surface area contributed by atoms with Crippen molar-refractivity contribution in [2.75, 3.05) is 26.4 Å². The number of halogens is 1. The monoisotopic (exact) mass is 260 g/mol. The standard InChI is InChI=1S/C11H13ClO5/c12-8-1-2-10(9(7-8)11(14)15)17-6-5-16-4-3-13/h1-2,7,13H,3-6H2,(H,14,15). The normalized spacial score (nSPS) is 10.2. The predicted octanol–water partition coefficient (Wildman–Crippen LogP) is 1.43. The van der Waals surface area contributed by atoms with Crippen LogP contribution in [0.4, 0.5) is 0 Å². The highest BCUT2D eigenvalue weighted by molar-refractivity contribution is 6.31. The summed E-state index contributed by atoms with van der Waals surface area (Å²) in [5, 5.41) is 17.7. The molecule has 0 aromatic heterocycles. The molecule has 0 fully saturated rings. The van der Waals surface area contributed by atoms with Crippen molar-refractivity contribution in [3.8, 4) is 5.75 Å². The molecule has 0 unspecified atom stereocenters. The van der Waals surface area contributed by atoms with Gasteiger partial charge >= 0.3 is 5.97 Å². The molecule has 0 amide bonds. The Morgan fingerprint density at radius 3 is 2.71 bits per heavy atom. The molecule has 0 spiro atoms. The first kappa shape index (κ1) is 13.8. The summed E-state index contributed by atoms with van der Waals surface area (Å²) >= 11 is 5.69. The van der Waals surface area contributed by atoms with E-state index in [0.29, 0.717) is 5.02 Å². The summed E-state index contributed by atoms with van der Waals surface area (Å²) in [4.78, 5) is 10.9. The Bertz CT molecular complexity index is 380. The molecule has 5 nitrogen and oxygen atoms in total. The number of aliphatic hydroxyl groups excluding tert-OH is 1. The first-order valence-electron chi connectivity index (χ1n) is 4.99. The fraction of sp³-hybridized carbons (Fsp3) is 0.364. The molecule has 0 aliphatic carbocycles. The number of rotatable bonds is 7. The maximum atomic E-state index is 10.9. The molecular weight excluding hydrogens is 248 g/mol. The van der Waals surface area contributed by atoms with Gasteiger partial charge in [-0.25, -0.2) is 4.79 Å². The Hall–Kier alpha value is -1.30. The van der Waals surface area contributed by atoms with Gasteiger partial charge in [-0.1, -0.05) is 11.6 Å². The molecule has 0 bridgehead atoms. The van der Waals surface area contributed by atoms with Gasteiger partial charge in [-0.05, 0) is 18.2 Å². The van der Waals surface area contributed by atoms with E-state index >= 15 is 0 Å². The molecule has 94 valence electrons. The number of benzene rings is 1. The summed E-state index contributed by atoms with van der Waals surface area (Å²) in [6, 6.07) is 4.38. The molecular formula is C11H13ClO5. The second-order valence-corrected chi connectivity index (χ2v) is 3.57. The van der Waals surface area contributed by atoms with Crippen molar-refractivity contribution in [1.29, 1.82) is 0 Å². The number of ether oxygens (including phenoxy) is 2. The molecule has 0 saturated carbocycles. The molecule has 0 aliphatic rings. The van der Waals surface area contributed by atoms with E-state index in [1.54, 1.807) is 6.07 Å². The van der Waals surface area contributed by atoms with Crippen molar-refractivity contribution in [2.24, 2.45) is 0 Å². The number of carboxylic acids is 1. The zero-order valence-corrected chi connectivity index (χ0v) is 9.81. The third-order valence-corrected chi connectivity index (χ3v) is 2.13. The van der Waals surface area contributed by atoms with Gasteiger partial charge in [0.25, 0.3) is 0 Å². The van der Waals surface area contributed by atoms with Crippen molar-refractivity contribution in [2.45, 2.75) is 0 Å². The summed E-state index contributed by atoms with van der Waals surface area (Å²) in [5.41, 5.74) is 0.0136. The number of carbonyl (C=O) groups is 1. The van der Waals surface area contributed by atoms with E-state index in [-0.39, 0.29) is 37.7 Å². The van der Waals surface area contributed by atoms with Crippen LogP contribution in [-0.2, 0) is 4.74 Å². The third kappa shape index (κ3) is 4.60. The summed E-state index contributed by atoms with van der Waals surface area (Å²) in [7, 11) is 0. The van der Waals surface area contributed by atoms with E-state index in [9.17, 15) is 4.79 Å². The molecule has 2 N–H and O–H groups in total. The molecule has 0 heterocycles. The second-order valence-electron chi connectivity index (χ2n) is 3.13. The molecule has 0 aliphatic heterocycles. The van der Waals surface area contributed by atoms with E-state index in [0.717, 1.165) is 0 Å². The Morgan fingerprint density at radius 2 is 2.06 bits per heavy atom. The number of carboxylic acid groups (broad SMARTS) is 1. The SMILES string of the molecule is O=C(O)c1cc(Cl)ccc1OCCOCCO. The summed E-state index contributed by atoms with van der Waals surface area (Å²) in [6.07, 6.45) is 0. The van der Waals surface area contributed by atoms with Crippen LogP contribution >= 0.6 is 11.6 Å². The maximum absolute atomic E-state index is 10.9. The number of aliphatic hydroxyl groups is 1. The van der Waals surface area contributed by atoms with Crippen LogP contribution in [-0.4, -0.2) is 42.6 Å². The molecule has 1 rings (SSSR count). The van der Waals surface area contributed by atoms with Crippen LogP contribution in [0.15, 0.2) is 18.2 Å².